The fourth-order valence-corrected chi connectivity index (χ4v) is 1.65. The van der Waals surface area contributed by atoms with Crippen molar-refractivity contribution in [1.82, 2.24) is 0 Å². The summed E-state index contributed by atoms with van der Waals surface area (Å²) < 4.78 is 0. The van der Waals surface area contributed by atoms with Crippen LogP contribution >= 0.6 is 12.4 Å². The van der Waals surface area contributed by atoms with E-state index >= 15 is 0 Å². The van der Waals surface area contributed by atoms with Gasteiger partial charge in [0, 0.05) is 0 Å². The summed E-state index contributed by atoms with van der Waals surface area (Å²) in [5, 5.41) is 19.2. The quantitative estimate of drug-likeness (QED) is 0.753. The molecule has 1 aromatic carbocycles. The lowest BCUT2D eigenvalue weighted by Gasteiger charge is -2.11. The van der Waals surface area contributed by atoms with E-state index < -0.39 is 12.2 Å². The molecule has 1 aromatic rings. The molecule has 1 aliphatic heterocycles. The highest BCUT2D eigenvalue weighted by Crippen LogP contribution is 2.19. The number of nitrogens with zero attached hydrogens (tertiary/aromatic N) is 1. The number of aliphatic imine (C=N–C) groups is 1. The Morgan fingerprint density at radius 1 is 1.13 bits per heavy atom. The maximum Gasteiger partial charge on any atom is 0.124 e. The molecule has 2 rings (SSSR count). The average molecular weight is 228 g/mol. The molecule has 1 aliphatic rings. The largest absolute Gasteiger partial charge is 0.388 e. The third-order valence-electron chi connectivity index (χ3n) is 2.51. The molecular weight excluding hydrogens is 214 g/mol. The highest BCUT2D eigenvalue weighted by Gasteiger charge is 2.33. The third-order valence-corrected chi connectivity index (χ3v) is 2.51. The molecule has 3 atom stereocenters. The molecule has 0 bridgehead atoms. The topological polar surface area (TPSA) is 52.8 Å². The zero-order chi connectivity index (χ0) is 10.1. The van der Waals surface area contributed by atoms with Gasteiger partial charge < -0.3 is 10.2 Å². The van der Waals surface area contributed by atoms with Gasteiger partial charge in [0.15, 0.2) is 0 Å². The van der Waals surface area contributed by atoms with Gasteiger partial charge >= 0.3 is 0 Å². The average Bonchev–Trinajstić information content (AvgIpc) is 2.47. The summed E-state index contributed by atoms with van der Waals surface area (Å²) >= 11 is 0. The van der Waals surface area contributed by atoms with Crippen LogP contribution < -0.4 is 0 Å². The van der Waals surface area contributed by atoms with Crippen LogP contribution in [0.4, 0.5) is 0 Å². The minimum Gasteiger partial charge on any atom is -0.388 e. The maximum atomic E-state index is 9.70. The molecule has 15 heavy (non-hydrogen) atoms. The van der Waals surface area contributed by atoms with Crippen LogP contribution in [0.25, 0.3) is 0 Å². The molecule has 0 fully saturated rings. The Balaban J connectivity index is 0.00000112. The van der Waals surface area contributed by atoms with Crippen molar-refractivity contribution in [3.63, 3.8) is 0 Å². The van der Waals surface area contributed by atoms with Gasteiger partial charge in [-0.1, -0.05) is 30.3 Å². The fourth-order valence-electron chi connectivity index (χ4n) is 1.65. The lowest BCUT2D eigenvalue weighted by Crippen LogP contribution is -2.32. The molecule has 0 spiro atoms. The van der Waals surface area contributed by atoms with Gasteiger partial charge in [0.2, 0.25) is 0 Å². The van der Waals surface area contributed by atoms with E-state index in [1.807, 2.05) is 30.3 Å². The van der Waals surface area contributed by atoms with Crippen LogP contribution in [-0.2, 0) is 0 Å². The van der Waals surface area contributed by atoms with Crippen molar-refractivity contribution >= 4 is 18.1 Å². The van der Waals surface area contributed by atoms with Gasteiger partial charge in [0.1, 0.15) is 12.2 Å². The summed E-state index contributed by atoms with van der Waals surface area (Å²) in [4.78, 5) is 4.24. The fraction of sp³-hybridized carbons (Fsp3) is 0.364. The van der Waals surface area contributed by atoms with Crippen molar-refractivity contribution in [2.24, 2.45) is 4.99 Å². The minimum absolute atomic E-state index is 0. The summed E-state index contributed by atoms with van der Waals surface area (Å²) in [6, 6.07) is 9.23. The Kier molecular flexibility index (Phi) is 3.85. The van der Waals surface area contributed by atoms with Crippen LogP contribution in [0.1, 0.15) is 12.5 Å². The highest BCUT2D eigenvalue weighted by molar-refractivity contribution is 6.05. The van der Waals surface area contributed by atoms with Gasteiger partial charge in [-0.2, -0.15) is 0 Å². The van der Waals surface area contributed by atoms with Crippen LogP contribution in [0, 0.1) is 0 Å². The minimum atomic E-state index is -0.854. The van der Waals surface area contributed by atoms with E-state index in [0.29, 0.717) is 5.71 Å². The van der Waals surface area contributed by atoms with Gasteiger partial charge in [-0.3, -0.25) is 4.99 Å². The highest BCUT2D eigenvalue weighted by atomic mass is 35.5. The van der Waals surface area contributed by atoms with E-state index in [2.05, 4.69) is 4.99 Å². The predicted octanol–water partition coefficient (Wildman–Crippen LogP) is 1.02. The number of hydrogen-bond donors (Lipinski definition) is 2. The molecule has 0 saturated heterocycles. The van der Waals surface area contributed by atoms with Gasteiger partial charge in [-0.15, -0.1) is 12.4 Å². The third kappa shape index (κ3) is 2.20. The number of halogens is 1. The van der Waals surface area contributed by atoms with Crippen LogP contribution in [-0.4, -0.2) is 34.2 Å². The Morgan fingerprint density at radius 2 is 1.73 bits per heavy atom. The summed E-state index contributed by atoms with van der Waals surface area (Å²) in [6.45, 7) is 1.80. The molecule has 0 saturated carbocycles. The molecule has 1 heterocycles. The molecule has 0 radical (unpaired) electrons. The number of aliphatic hydroxyl groups is 2. The molecule has 4 heteroatoms. The first kappa shape index (κ1) is 12.2. The van der Waals surface area contributed by atoms with E-state index in [1.165, 1.54) is 0 Å². The van der Waals surface area contributed by atoms with Crippen LogP contribution in [0.5, 0.6) is 0 Å². The van der Waals surface area contributed by atoms with E-state index in [1.54, 1.807) is 6.92 Å². The van der Waals surface area contributed by atoms with Crippen molar-refractivity contribution in [2.45, 2.75) is 25.2 Å². The summed E-state index contributed by atoms with van der Waals surface area (Å²) in [7, 11) is 0. The second-order valence-electron chi connectivity index (χ2n) is 3.56. The van der Waals surface area contributed by atoms with Gasteiger partial charge in [0.25, 0.3) is 0 Å². The van der Waals surface area contributed by atoms with Crippen LogP contribution in [0.3, 0.4) is 0 Å². The first-order valence-corrected chi connectivity index (χ1v) is 4.69. The molecule has 0 unspecified atom stereocenters. The molecule has 82 valence electrons. The summed E-state index contributed by atoms with van der Waals surface area (Å²) in [5.41, 5.74) is 1.47. The van der Waals surface area contributed by atoms with Crippen LogP contribution in [0.2, 0.25) is 0 Å². The van der Waals surface area contributed by atoms with Gasteiger partial charge in [-0.25, -0.2) is 0 Å². The van der Waals surface area contributed by atoms with Crippen molar-refractivity contribution in [1.29, 1.82) is 0 Å². The first-order chi connectivity index (χ1) is 6.70. The number of rotatable bonds is 1. The Bertz CT molecular complexity index is 353. The molecule has 3 nitrogen and oxygen atoms in total. The molecular formula is C11H14ClNO2. The number of aliphatic hydroxyl groups excluding tert-OH is 2. The Morgan fingerprint density at radius 3 is 2.20 bits per heavy atom. The van der Waals surface area contributed by atoms with E-state index in [0.717, 1.165) is 5.56 Å². The molecule has 0 amide bonds. The summed E-state index contributed by atoms with van der Waals surface area (Å²) in [6.07, 6.45) is -1.63. The van der Waals surface area contributed by atoms with Gasteiger partial charge in [0.05, 0.1) is 11.8 Å². The number of benzene rings is 1. The lowest BCUT2D eigenvalue weighted by atomic mass is 10.0. The number of hydrogen-bond acceptors (Lipinski definition) is 3. The molecule has 0 aromatic heterocycles. The van der Waals surface area contributed by atoms with Crippen molar-refractivity contribution in [2.75, 3.05) is 0 Å². The zero-order valence-electron chi connectivity index (χ0n) is 8.37. The Hall–Kier alpha value is -0.900. The summed E-state index contributed by atoms with van der Waals surface area (Å²) in [5.74, 6) is 0. The van der Waals surface area contributed by atoms with E-state index in [-0.39, 0.29) is 18.4 Å². The SMILES string of the molecule is C[C@@H]1N=C(c2ccccc2)[C@H](O)[C@@H]1O.Cl. The molecule has 0 aliphatic carbocycles. The second-order valence-corrected chi connectivity index (χ2v) is 3.56. The second kappa shape index (κ2) is 4.75. The van der Waals surface area contributed by atoms with Crippen molar-refractivity contribution in [3.05, 3.63) is 35.9 Å². The van der Waals surface area contributed by atoms with Gasteiger partial charge in [-0.05, 0) is 12.5 Å². The zero-order valence-corrected chi connectivity index (χ0v) is 9.19. The Labute approximate surface area is 94.9 Å². The normalized spacial score (nSPS) is 29.5. The standard InChI is InChI=1S/C11H13NO2.ClH/c1-7-10(13)11(14)9(12-7)8-5-3-2-4-6-8;/h2-7,10-11,13-14H,1H3;1H/t7-,10+,11-;/m0./s1. The van der Waals surface area contributed by atoms with Crippen LogP contribution in [0.15, 0.2) is 35.3 Å². The maximum absolute atomic E-state index is 9.70. The van der Waals surface area contributed by atoms with Crippen molar-refractivity contribution < 1.29 is 10.2 Å². The lowest BCUT2D eigenvalue weighted by molar-refractivity contribution is 0.0593. The van der Waals surface area contributed by atoms with Crippen molar-refractivity contribution in [3.8, 4) is 0 Å². The predicted molar refractivity (Wildman–Crippen MR) is 61.7 cm³/mol. The molecule has 2 N–H and O–H groups in total. The smallest absolute Gasteiger partial charge is 0.124 e. The van der Waals surface area contributed by atoms with E-state index in [4.69, 9.17) is 0 Å². The van der Waals surface area contributed by atoms with E-state index in [9.17, 15) is 10.2 Å². The monoisotopic (exact) mass is 227 g/mol. The first-order valence-electron chi connectivity index (χ1n) is 4.69.